The Kier molecular flexibility index (Phi) is 2.32. The third-order valence-electron chi connectivity index (χ3n) is 4.99. The fourth-order valence-corrected chi connectivity index (χ4v) is 3.99. The first-order valence-electron chi connectivity index (χ1n) is 7.79. The molecule has 0 atom stereocenters. The standard InChI is InChI=1S/C21H16O/c1-22-17-9-10-18-14(12-17)6-8-16-11-15-7-5-13-3-2-4-19(20(13)15)21(16)18/h2-4,6,8-12H,5,7H2,1H3. The topological polar surface area (TPSA) is 9.23 Å². The fourth-order valence-electron chi connectivity index (χ4n) is 3.99. The predicted octanol–water partition coefficient (Wildman–Crippen LogP) is 5.25. The van der Waals surface area contributed by atoms with Crippen LogP contribution in [0.25, 0.3) is 32.3 Å². The van der Waals surface area contributed by atoms with Gasteiger partial charge >= 0.3 is 0 Å². The Hall–Kier alpha value is -2.54. The van der Waals surface area contributed by atoms with Crippen LogP contribution in [0.4, 0.5) is 0 Å². The molecule has 4 aromatic rings. The maximum Gasteiger partial charge on any atom is 0.119 e. The molecular formula is C21H16O. The lowest BCUT2D eigenvalue weighted by atomic mass is 9.94. The molecular weight excluding hydrogens is 268 g/mol. The van der Waals surface area contributed by atoms with E-state index in [-0.39, 0.29) is 0 Å². The highest BCUT2D eigenvalue weighted by molar-refractivity contribution is 6.21. The van der Waals surface area contributed by atoms with E-state index < -0.39 is 0 Å². The molecule has 0 aromatic heterocycles. The number of aryl methyl sites for hydroxylation is 2. The van der Waals surface area contributed by atoms with Crippen LogP contribution in [-0.4, -0.2) is 7.11 Å². The minimum Gasteiger partial charge on any atom is -0.497 e. The second-order valence-corrected chi connectivity index (χ2v) is 6.13. The molecule has 0 saturated carbocycles. The quantitative estimate of drug-likeness (QED) is 0.434. The van der Waals surface area contributed by atoms with Crippen LogP contribution in [0.5, 0.6) is 5.75 Å². The average Bonchev–Trinajstić information content (AvgIpc) is 2.98. The number of hydrogen-bond acceptors (Lipinski definition) is 1. The summed E-state index contributed by atoms with van der Waals surface area (Å²) >= 11 is 0. The van der Waals surface area contributed by atoms with Crippen molar-refractivity contribution in [1.82, 2.24) is 0 Å². The van der Waals surface area contributed by atoms with Crippen LogP contribution < -0.4 is 4.74 Å². The van der Waals surface area contributed by atoms with Crippen molar-refractivity contribution in [3.8, 4) is 5.75 Å². The van der Waals surface area contributed by atoms with Gasteiger partial charge in [0.05, 0.1) is 7.11 Å². The van der Waals surface area contributed by atoms with E-state index >= 15 is 0 Å². The lowest BCUT2D eigenvalue weighted by Gasteiger charge is -2.11. The maximum atomic E-state index is 5.37. The number of rotatable bonds is 1. The smallest absolute Gasteiger partial charge is 0.119 e. The van der Waals surface area contributed by atoms with E-state index in [1.165, 1.54) is 56.3 Å². The lowest BCUT2D eigenvalue weighted by Crippen LogP contribution is -1.86. The molecule has 0 radical (unpaired) electrons. The maximum absolute atomic E-state index is 5.37. The summed E-state index contributed by atoms with van der Waals surface area (Å²) in [6.07, 6.45) is 2.35. The van der Waals surface area contributed by atoms with Crippen molar-refractivity contribution in [2.24, 2.45) is 0 Å². The highest BCUT2D eigenvalue weighted by Crippen LogP contribution is 2.39. The van der Waals surface area contributed by atoms with E-state index in [1.807, 2.05) is 0 Å². The largest absolute Gasteiger partial charge is 0.497 e. The molecule has 106 valence electrons. The van der Waals surface area contributed by atoms with Gasteiger partial charge in [0.25, 0.3) is 0 Å². The number of benzene rings is 4. The summed E-state index contributed by atoms with van der Waals surface area (Å²) in [6, 6.07) is 20.0. The van der Waals surface area contributed by atoms with E-state index in [0.29, 0.717) is 0 Å². The first kappa shape index (κ1) is 12.0. The van der Waals surface area contributed by atoms with Crippen molar-refractivity contribution in [2.75, 3.05) is 7.11 Å². The van der Waals surface area contributed by atoms with E-state index in [2.05, 4.69) is 54.6 Å². The van der Waals surface area contributed by atoms with Crippen LogP contribution in [0, 0.1) is 0 Å². The zero-order valence-electron chi connectivity index (χ0n) is 12.5. The van der Waals surface area contributed by atoms with Gasteiger partial charge in [0.1, 0.15) is 5.75 Å². The number of methoxy groups -OCH3 is 1. The van der Waals surface area contributed by atoms with Gasteiger partial charge in [-0.1, -0.05) is 42.5 Å². The molecule has 0 unspecified atom stereocenters. The Morgan fingerprint density at radius 2 is 1.59 bits per heavy atom. The van der Waals surface area contributed by atoms with Gasteiger partial charge in [-0.25, -0.2) is 0 Å². The van der Waals surface area contributed by atoms with Gasteiger partial charge in [0.2, 0.25) is 0 Å². The Morgan fingerprint density at radius 1 is 0.727 bits per heavy atom. The first-order valence-corrected chi connectivity index (χ1v) is 7.79. The summed E-state index contributed by atoms with van der Waals surface area (Å²) in [5.41, 5.74) is 3.01. The second kappa shape index (κ2) is 4.23. The molecule has 0 heterocycles. The van der Waals surface area contributed by atoms with Crippen molar-refractivity contribution in [3.05, 3.63) is 65.7 Å². The van der Waals surface area contributed by atoms with E-state index in [1.54, 1.807) is 7.11 Å². The molecule has 22 heavy (non-hydrogen) atoms. The molecule has 1 aliphatic rings. The SMILES string of the molecule is COc1ccc2c(ccc3cc4c5c(cccc5c32)CC4)c1. The van der Waals surface area contributed by atoms with Gasteiger partial charge in [0, 0.05) is 0 Å². The van der Waals surface area contributed by atoms with Gasteiger partial charge in [-0.3, -0.25) is 0 Å². The summed E-state index contributed by atoms with van der Waals surface area (Å²) in [6.45, 7) is 0. The van der Waals surface area contributed by atoms with Gasteiger partial charge in [-0.2, -0.15) is 0 Å². The van der Waals surface area contributed by atoms with Crippen LogP contribution in [0.3, 0.4) is 0 Å². The number of hydrogen-bond donors (Lipinski definition) is 0. The molecule has 0 fully saturated rings. The highest BCUT2D eigenvalue weighted by atomic mass is 16.5. The zero-order valence-corrected chi connectivity index (χ0v) is 12.5. The van der Waals surface area contributed by atoms with Crippen molar-refractivity contribution in [3.63, 3.8) is 0 Å². The molecule has 1 aliphatic carbocycles. The van der Waals surface area contributed by atoms with E-state index in [9.17, 15) is 0 Å². The molecule has 1 heteroatoms. The molecule has 1 nitrogen and oxygen atoms in total. The van der Waals surface area contributed by atoms with Gasteiger partial charge in [-0.15, -0.1) is 0 Å². The summed E-state index contributed by atoms with van der Waals surface area (Å²) in [5.74, 6) is 0.915. The van der Waals surface area contributed by atoms with E-state index in [4.69, 9.17) is 4.74 Å². The average molecular weight is 284 g/mol. The molecule has 0 spiro atoms. The Morgan fingerprint density at radius 3 is 2.50 bits per heavy atom. The zero-order chi connectivity index (χ0) is 14.7. The summed E-state index contributed by atoms with van der Waals surface area (Å²) in [7, 11) is 1.72. The normalized spacial score (nSPS) is 13.3. The minimum absolute atomic E-state index is 0.915. The molecule has 0 N–H and O–H groups in total. The fraction of sp³-hybridized carbons (Fsp3) is 0.143. The Labute approximate surface area is 129 Å². The third-order valence-corrected chi connectivity index (χ3v) is 4.99. The third kappa shape index (κ3) is 1.48. The van der Waals surface area contributed by atoms with E-state index in [0.717, 1.165) is 5.75 Å². The van der Waals surface area contributed by atoms with Gasteiger partial charge in [0.15, 0.2) is 0 Å². The molecule has 0 aliphatic heterocycles. The van der Waals surface area contributed by atoms with Crippen LogP contribution in [-0.2, 0) is 12.8 Å². The minimum atomic E-state index is 0.915. The van der Waals surface area contributed by atoms with Crippen molar-refractivity contribution < 1.29 is 4.74 Å². The predicted molar refractivity (Wildman–Crippen MR) is 92.9 cm³/mol. The van der Waals surface area contributed by atoms with Gasteiger partial charge < -0.3 is 4.74 Å². The second-order valence-electron chi connectivity index (χ2n) is 6.13. The Bertz CT molecular complexity index is 1060. The molecule has 0 saturated heterocycles. The monoisotopic (exact) mass is 284 g/mol. The molecule has 4 aromatic carbocycles. The van der Waals surface area contributed by atoms with Crippen LogP contribution >= 0.6 is 0 Å². The summed E-state index contributed by atoms with van der Waals surface area (Å²) in [5, 5.41) is 8.16. The van der Waals surface area contributed by atoms with Crippen molar-refractivity contribution >= 4 is 32.3 Å². The molecule has 0 bridgehead atoms. The van der Waals surface area contributed by atoms with Crippen LogP contribution in [0.1, 0.15) is 11.1 Å². The summed E-state index contributed by atoms with van der Waals surface area (Å²) in [4.78, 5) is 0. The van der Waals surface area contributed by atoms with Gasteiger partial charge in [-0.05, 0) is 68.4 Å². The number of fused-ring (bicyclic) bond motifs is 4. The van der Waals surface area contributed by atoms with Crippen LogP contribution in [0.15, 0.2) is 54.6 Å². The molecule has 0 amide bonds. The lowest BCUT2D eigenvalue weighted by molar-refractivity contribution is 0.415. The van der Waals surface area contributed by atoms with Crippen molar-refractivity contribution in [2.45, 2.75) is 12.8 Å². The first-order chi connectivity index (χ1) is 10.8. The molecule has 5 rings (SSSR count). The van der Waals surface area contributed by atoms with Crippen LogP contribution in [0.2, 0.25) is 0 Å². The highest BCUT2D eigenvalue weighted by Gasteiger charge is 2.17. The van der Waals surface area contributed by atoms with Crippen molar-refractivity contribution in [1.29, 1.82) is 0 Å². The Balaban J connectivity index is 2.04. The number of ether oxygens (including phenoxy) is 1. The summed E-state index contributed by atoms with van der Waals surface area (Å²) < 4.78 is 5.37.